The highest BCUT2D eigenvalue weighted by molar-refractivity contribution is 6.31. The summed E-state index contributed by atoms with van der Waals surface area (Å²) in [4.78, 5) is 0. The summed E-state index contributed by atoms with van der Waals surface area (Å²) < 4.78 is 0. The van der Waals surface area contributed by atoms with Crippen LogP contribution in [0.4, 0.5) is 0 Å². The standard InChI is InChI=1S/C14H17ClN2O/c15-13-6-10(7-16)4-5-11(13)8-17-9-12-2-1-3-14(12)18/h4-6,12,14,17-18H,1-3,8-9H2. The van der Waals surface area contributed by atoms with Crippen LogP contribution in [0, 0.1) is 17.2 Å². The van der Waals surface area contributed by atoms with Gasteiger partial charge < -0.3 is 10.4 Å². The molecule has 2 atom stereocenters. The van der Waals surface area contributed by atoms with E-state index < -0.39 is 0 Å². The van der Waals surface area contributed by atoms with E-state index in [0.29, 0.717) is 23.0 Å². The number of hydrogen-bond donors (Lipinski definition) is 2. The lowest BCUT2D eigenvalue weighted by Crippen LogP contribution is -2.27. The summed E-state index contributed by atoms with van der Waals surface area (Å²) in [6.07, 6.45) is 2.97. The van der Waals surface area contributed by atoms with Gasteiger partial charge in [0.15, 0.2) is 0 Å². The van der Waals surface area contributed by atoms with Crippen LogP contribution < -0.4 is 5.32 Å². The molecular weight excluding hydrogens is 248 g/mol. The average Bonchev–Trinajstić information content (AvgIpc) is 2.77. The van der Waals surface area contributed by atoms with Crippen LogP contribution in [0.3, 0.4) is 0 Å². The van der Waals surface area contributed by atoms with Crippen molar-refractivity contribution in [2.24, 2.45) is 5.92 Å². The number of rotatable bonds is 4. The first-order valence-corrected chi connectivity index (χ1v) is 6.66. The predicted molar refractivity (Wildman–Crippen MR) is 71.2 cm³/mol. The highest BCUT2D eigenvalue weighted by Gasteiger charge is 2.24. The molecule has 1 aromatic carbocycles. The summed E-state index contributed by atoms with van der Waals surface area (Å²) in [6.45, 7) is 1.49. The van der Waals surface area contributed by atoms with Crippen LogP contribution in [0.25, 0.3) is 0 Å². The number of nitriles is 1. The molecule has 18 heavy (non-hydrogen) atoms. The lowest BCUT2D eigenvalue weighted by molar-refractivity contribution is 0.131. The van der Waals surface area contributed by atoms with Crippen molar-refractivity contribution < 1.29 is 5.11 Å². The van der Waals surface area contributed by atoms with Gasteiger partial charge >= 0.3 is 0 Å². The van der Waals surface area contributed by atoms with Crippen molar-refractivity contribution in [3.05, 3.63) is 34.3 Å². The number of aliphatic hydroxyl groups is 1. The van der Waals surface area contributed by atoms with Crippen LogP contribution in [0.1, 0.15) is 30.4 Å². The molecule has 0 aromatic heterocycles. The van der Waals surface area contributed by atoms with Crippen molar-refractivity contribution in [1.29, 1.82) is 5.26 Å². The van der Waals surface area contributed by atoms with E-state index in [1.165, 1.54) is 0 Å². The molecule has 2 unspecified atom stereocenters. The molecule has 96 valence electrons. The first kappa shape index (κ1) is 13.4. The Morgan fingerprint density at radius 1 is 1.44 bits per heavy atom. The fraction of sp³-hybridized carbons (Fsp3) is 0.500. The van der Waals surface area contributed by atoms with Gasteiger partial charge in [-0.3, -0.25) is 0 Å². The van der Waals surface area contributed by atoms with E-state index in [1.54, 1.807) is 12.1 Å². The molecule has 2 N–H and O–H groups in total. The third-order valence-electron chi connectivity index (χ3n) is 3.52. The van der Waals surface area contributed by atoms with Gasteiger partial charge in [-0.2, -0.15) is 5.26 Å². The van der Waals surface area contributed by atoms with Crippen molar-refractivity contribution >= 4 is 11.6 Å². The smallest absolute Gasteiger partial charge is 0.0992 e. The van der Waals surface area contributed by atoms with Gasteiger partial charge in [-0.05, 0) is 36.5 Å². The summed E-state index contributed by atoms with van der Waals surface area (Å²) in [5, 5.41) is 22.4. The molecule has 0 spiro atoms. The molecule has 1 aliphatic rings. The first-order valence-electron chi connectivity index (χ1n) is 6.28. The normalized spacial score (nSPS) is 22.9. The Balaban J connectivity index is 1.85. The minimum Gasteiger partial charge on any atom is -0.393 e. The summed E-state index contributed by atoms with van der Waals surface area (Å²) in [7, 11) is 0. The monoisotopic (exact) mass is 264 g/mol. The minimum atomic E-state index is -0.158. The van der Waals surface area contributed by atoms with Gasteiger partial charge in [-0.25, -0.2) is 0 Å². The van der Waals surface area contributed by atoms with E-state index in [1.807, 2.05) is 6.07 Å². The molecule has 0 aliphatic heterocycles. The number of nitrogens with zero attached hydrogens (tertiary/aromatic N) is 1. The van der Waals surface area contributed by atoms with Crippen molar-refractivity contribution in [1.82, 2.24) is 5.32 Å². The second-order valence-corrected chi connectivity index (χ2v) is 5.21. The summed E-state index contributed by atoms with van der Waals surface area (Å²) in [5.41, 5.74) is 1.57. The second-order valence-electron chi connectivity index (χ2n) is 4.81. The zero-order chi connectivity index (χ0) is 13.0. The zero-order valence-corrected chi connectivity index (χ0v) is 11.0. The molecule has 2 rings (SSSR count). The molecule has 0 bridgehead atoms. The number of benzene rings is 1. The molecule has 0 heterocycles. The Hall–Kier alpha value is -1.08. The largest absolute Gasteiger partial charge is 0.393 e. The third kappa shape index (κ3) is 3.23. The number of halogens is 1. The van der Waals surface area contributed by atoms with E-state index >= 15 is 0 Å². The van der Waals surface area contributed by atoms with Gasteiger partial charge in [0, 0.05) is 18.1 Å². The number of aliphatic hydroxyl groups excluding tert-OH is 1. The Kier molecular flexibility index (Phi) is 4.60. The Bertz CT molecular complexity index is 456. The molecule has 0 saturated heterocycles. The van der Waals surface area contributed by atoms with Gasteiger partial charge in [0.2, 0.25) is 0 Å². The topological polar surface area (TPSA) is 56.0 Å². The van der Waals surface area contributed by atoms with Gasteiger partial charge in [0.1, 0.15) is 0 Å². The highest BCUT2D eigenvalue weighted by Crippen LogP contribution is 2.25. The van der Waals surface area contributed by atoms with Crippen LogP contribution in [0.2, 0.25) is 5.02 Å². The quantitative estimate of drug-likeness (QED) is 0.878. The zero-order valence-electron chi connectivity index (χ0n) is 10.2. The maximum Gasteiger partial charge on any atom is 0.0992 e. The van der Waals surface area contributed by atoms with Gasteiger partial charge in [-0.15, -0.1) is 0 Å². The fourth-order valence-corrected chi connectivity index (χ4v) is 2.66. The molecule has 0 amide bonds. The Morgan fingerprint density at radius 2 is 2.28 bits per heavy atom. The molecular formula is C14H17ClN2O. The van der Waals surface area contributed by atoms with Crippen molar-refractivity contribution in [3.8, 4) is 6.07 Å². The fourth-order valence-electron chi connectivity index (χ4n) is 2.41. The minimum absolute atomic E-state index is 0.158. The maximum atomic E-state index is 9.71. The van der Waals surface area contributed by atoms with Crippen LogP contribution in [-0.4, -0.2) is 17.8 Å². The lowest BCUT2D eigenvalue weighted by atomic mass is 10.1. The van der Waals surface area contributed by atoms with Gasteiger partial charge in [0.05, 0.1) is 17.7 Å². The summed E-state index contributed by atoms with van der Waals surface area (Å²) >= 11 is 6.09. The van der Waals surface area contributed by atoms with E-state index in [0.717, 1.165) is 31.4 Å². The van der Waals surface area contributed by atoms with Crippen molar-refractivity contribution in [2.45, 2.75) is 31.9 Å². The van der Waals surface area contributed by atoms with Gasteiger partial charge in [0.25, 0.3) is 0 Å². The molecule has 4 heteroatoms. The summed E-state index contributed by atoms with van der Waals surface area (Å²) in [5.74, 6) is 0.363. The molecule has 1 fully saturated rings. The van der Waals surface area contributed by atoms with Crippen LogP contribution in [-0.2, 0) is 6.54 Å². The van der Waals surface area contributed by atoms with E-state index in [-0.39, 0.29) is 6.10 Å². The third-order valence-corrected chi connectivity index (χ3v) is 3.87. The first-order chi connectivity index (χ1) is 8.70. The molecule has 3 nitrogen and oxygen atoms in total. The maximum absolute atomic E-state index is 9.71. The average molecular weight is 265 g/mol. The molecule has 1 saturated carbocycles. The lowest BCUT2D eigenvalue weighted by Gasteiger charge is -2.15. The SMILES string of the molecule is N#Cc1ccc(CNCC2CCCC2O)c(Cl)c1. The number of hydrogen-bond acceptors (Lipinski definition) is 3. The van der Waals surface area contributed by atoms with E-state index in [9.17, 15) is 5.11 Å². The van der Waals surface area contributed by atoms with E-state index in [4.69, 9.17) is 16.9 Å². The highest BCUT2D eigenvalue weighted by atomic mass is 35.5. The van der Waals surface area contributed by atoms with Crippen molar-refractivity contribution in [2.75, 3.05) is 6.54 Å². The van der Waals surface area contributed by atoms with Gasteiger partial charge in [-0.1, -0.05) is 24.1 Å². The number of nitrogens with one attached hydrogen (secondary N) is 1. The van der Waals surface area contributed by atoms with Crippen LogP contribution in [0.15, 0.2) is 18.2 Å². The van der Waals surface area contributed by atoms with Crippen molar-refractivity contribution in [3.63, 3.8) is 0 Å². The summed E-state index contributed by atoms with van der Waals surface area (Å²) in [6, 6.07) is 7.39. The van der Waals surface area contributed by atoms with Crippen LogP contribution in [0.5, 0.6) is 0 Å². The molecule has 1 aromatic rings. The Labute approximate surface area is 112 Å². The predicted octanol–water partition coefficient (Wildman–Crippen LogP) is 2.46. The molecule has 0 radical (unpaired) electrons. The Morgan fingerprint density at radius 3 is 2.89 bits per heavy atom. The second kappa shape index (κ2) is 6.19. The van der Waals surface area contributed by atoms with Crippen LogP contribution >= 0.6 is 11.6 Å². The van der Waals surface area contributed by atoms with E-state index in [2.05, 4.69) is 11.4 Å². The molecule has 1 aliphatic carbocycles.